The molecule has 0 atom stereocenters. The fraction of sp³-hybridized carbons (Fsp3) is 0.286. The molecule has 1 amide bonds. The molecular weight excluding hydrogens is 320 g/mol. The lowest BCUT2D eigenvalue weighted by atomic mass is 10.1. The molecule has 20 heavy (non-hydrogen) atoms. The Morgan fingerprint density at radius 2 is 2.30 bits per heavy atom. The number of hydrogen-bond donors (Lipinski definition) is 3. The SMILES string of the molecule is CNCCc1[nH]nc(-c2ccc3c(c2)CC(=O)N3)c1Br. The average molecular weight is 335 g/mol. The molecule has 3 N–H and O–H groups in total. The molecule has 2 aromatic rings. The number of benzene rings is 1. The number of nitrogens with one attached hydrogen (secondary N) is 3. The summed E-state index contributed by atoms with van der Waals surface area (Å²) in [6, 6.07) is 5.94. The molecular formula is C14H15BrN4O. The molecule has 1 aliphatic heterocycles. The van der Waals surface area contributed by atoms with Gasteiger partial charge in [-0.3, -0.25) is 9.89 Å². The van der Waals surface area contributed by atoms with Crippen LogP contribution in [0.2, 0.25) is 0 Å². The Morgan fingerprint density at radius 1 is 1.45 bits per heavy atom. The third kappa shape index (κ3) is 2.36. The van der Waals surface area contributed by atoms with E-state index < -0.39 is 0 Å². The molecule has 104 valence electrons. The van der Waals surface area contributed by atoms with Gasteiger partial charge < -0.3 is 10.6 Å². The highest BCUT2D eigenvalue weighted by atomic mass is 79.9. The lowest BCUT2D eigenvalue weighted by molar-refractivity contribution is -0.115. The van der Waals surface area contributed by atoms with E-state index in [0.717, 1.165) is 45.6 Å². The molecule has 1 aliphatic rings. The van der Waals surface area contributed by atoms with Gasteiger partial charge in [-0.25, -0.2) is 0 Å². The molecule has 0 saturated carbocycles. The van der Waals surface area contributed by atoms with Crippen molar-refractivity contribution in [3.63, 3.8) is 0 Å². The Kier molecular flexibility index (Phi) is 3.58. The van der Waals surface area contributed by atoms with Crippen LogP contribution in [0.5, 0.6) is 0 Å². The summed E-state index contributed by atoms with van der Waals surface area (Å²) < 4.78 is 0.991. The van der Waals surface area contributed by atoms with Gasteiger partial charge in [0.1, 0.15) is 5.69 Å². The lowest BCUT2D eigenvalue weighted by Gasteiger charge is -2.03. The van der Waals surface area contributed by atoms with E-state index in [1.807, 2.05) is 25.2 Å². The maximum absolute atomic E-state index is 11.4. The monoisotopic (exact) mass is 334 g/mol. The zero-order chi connectivity index (χ0) is 14.1. The summed E-state index contributed by atoms with van der Waals surface area (Å²) in [6.45, 7) is 0.892. The van der Waals surface area contributed by atoms with E-state index in [1.165, 1.54) is 0 Å². The van der Waals surface area contributed by atoms with Crippen molar-refractivity contribution in [3.8, 4) is 11.3 Å². The first-order valence-corrected chi connectivity index (χ1v) is 7.29. The van der Waals surface area contributed by atoms with Crippen LogP contribution in [0.4, 0.5) is 5.69 Å². The van der Waals surface area contributed by atoms with E-state index in [9.17, 15) is 4.79 Å². The van der Waals surface area contributed by atoms with E-state index in [0.29, 0.717) is 6.42 Å². The second-order valence-electron chi connectivity index (χ2n) is 4.82. The molecule has 3 rings (SSSR count). The molecule has 2 heterocycles. The summed E-state index contributed by atoms with van der Waals surface area (Å²) in [6.07, 6.45) is 1.33. The number of carbonyl (C=O) groups is 1. The highest BCUT2D eigenvalue weighted by Crippen LogP contribution is 2.33. The summed E-state index contributed by atoms with van der Waals surface area (Å²) in [7, 11) is 1.93. The maximum atomic E-state index is 11.4. The second kappa shape index (κ2) is 5.38. The molecule has 6 heteroatoms. The van der Waals surface area contributed by atoms with E-state index in [2.05, 4.69) is 36.8 Å². The molecule has 5 nitrogen and oxygen atoms in total. The Hall–Kier alpha value is -1.66. The van der Waals surface area contributed by atoms with Crippen LogP contribution in [0.3, 0.4) is 0 Å². The minimum absolute atomic E-state index is 0.0490. The van der Waals surface area contributed by atoms with Crippen molar-refractivity contribution in [2.24, 2.45) is 0 Å². The van der Waals surface area contributed by atoms with Gasteiger partial charge in [0.05, 0.1) is 16.6 Å². The summed E-state index contributed by atoms with van der Waals surface area (Å²) in [5.74, 6) is 0.0490. The first-order chi connectivity index (χ1) is 9.69. The molecule has 0 spiro atoms. The predicted molar refractivity (Wildman–Crippen MR) is 81.7 cm³/mol. The van der Waals surface area contributed by atoms with Crippen LogP contribution in [0.15, 0.2) is 22.7 Å². The third-order valence-corrected chi connectivity index (χ3v) is 4.26. The van der Waals surface area contributed by atoms with E-state index in [-0.39, 0.29) is 5.91 Å². The third-order valence-electron chi connectivity index (χ3n) is 3.40. The Labute approximate surface area is 125 Å². The normalized spacial score (nSPS) is 13.4. The predicted octanol–water partition coefficient (Wildman–Crippen LogP) is 2.10. The smallest absolute Gasteiger partial charge is 0.228 e. The summed E-state index contributed by atoms with van der Waals surface area (Å²) in [4.78, 5) is 11.4. The van der Waals surface area contributed by atoms with Gasteiger partial charge in [0.15, 0.2) is 0 Å². The maximum Gasteiger partial charge on any atom is 0.228 e. The van der Waals surface area contributed by atoms with E-state index >= 15 is 0 Å². The van der Waals surface area contributed by atoms with Crippen LogP contribution in [0.25, 0.3) is 11.3 Å². The largest absolute Gasteiger partial charge is 0.326 e. The fourth-order valence-electron chi connectivity index (χ4n) is 2.35. The number of carbonyl (C=O) groups excluding carboxylic acids is 1. The number of aromatic nitrogens is 2. The molecule has 0 fully saturated rings. The van der Waals surface area contributed by atoms with Gasteiger partial charge in [-0.15, -0.1) is 0 Å². The fourth-order valence-corrected chi connectivity index (χ4v) is 2.95. The number of hydrogen-bond acceptors (Lipinski definition) is 3. The van der Waals surface area contributed by atoms with Gasteiger partial charge in [-0.05, 0) is 40.7 Å². The number of H-pyrrole nitrogens is 1. The van der Waals surface area contributed by atoms with E-state index in [4.69, 9.17) is 0 Å². The second-order valence-corrected chi connectivity index (χ2v) is 5.61. The van der Waals surface area contributed by atoms with Crippen LogP contribution >= 0.6 is 15.9 Å². The van der Waals surface area contributed by atoms with Gasteiger partial charge >= 0.3 is 0 Å². The Morgan fingerprint density at radius 3 is 3.10 bits per heavy atom. The quantitative estimate of drug-likeness (QED) is 0.801. The van der Waals surface area contributed by atoms with Crippen molar-refractivity contribution in [2.75, 3.05) is 18.9 Å². The molecule has 1 aromatic heterocycles. The van der Waals surface area contributed by atoms with Crippen LogP contribution in [0, 0.1) is 0 Å². The summed E-state index contributed by atoms with van der Waals surface area (Å²) in [5, 5.41) is 13.4. The van der Waals surface area contributed by atoms with Crippen molar-refractivity contribution >= 4 is 27.5 Å². The first-order valence-electron chi connectivity index (χ1n) is 6.49. The molecule has 0 unspecified atom stereocenters. The van der Waals surface area contributed by atoms with Crippen molar-refractivity contribution < 1.29 is 4.79 Å². The number of rotatable bonds is 4. The van der Waals surface area contributed by atoms with Crippen molar-refractivity contribution in [1.29, 1.82) is 0 Å². The standard InChI is InChI=1S/C14H15BrN4O/c1-16-5-4-11-13(15)14(19-18-11)8-2-3-10-9(6-8)7-12(20)17-10/h2-3,6,16H,4-5,7H2,1H3,(H,17,20)(H,18,19). The van der Waals surface area contributed by atoms with Crippen LogP contribution in [0.1, 0.15) is 11.3 Å². The summed E-state index contributed by atoms with van der Waals surface area (Å²) in [5.41, 5.74) is 4.90. The first kappa shape index (κ1) is 13.3. The van der Waals surface area contributed by atoms with Crippen molar-refractivity contribution in [3.05, 3.63) is 33.9 Å². The number of aromatic amines is 1. The number of amides is 1. The molecule has 0 radical (unpaired) electrons. The highest BCUT2D eigenvalue weighted by Gasteiger charge is 2.19. The topological polar surface area (TPSA) is 69.8 Å². The van der Waals surface area contributed by atoms with Crippen molar-refractivity contribution in [2.45, 2.75) is 12.8 Å². The zero-order valence-electron chi connectivity index (χ0n) is 11.1. The minimum atomic E-state index is 0.0490. The number of nitrogens with zero attached hydrogens (tertiary/aromatic N) is 1. The Bertz CT molecular complexity index is 665. The number of halogens is 1. The number of likely N-dealkylation sites (N-methyl/N-ethyl adjacent to an activating group) is 1. The van der Waals surface area contributed by atoms with Crippen LogP contribution < -0.4 is 10.6 Å². The zero-order valence-corrected chi connectivity index (χ0v) is 12.7. The average Bonchev–Trinajstić information content (AvgIpc) is 2.97. The van der Waals surface area contributed by atoms with Crippen molar-refractivity contribution in [1.82, 2.24) is 15.5 Å². The number of fused-ring (bicyclic) bond motifs is 1. The lowest BCUT2D eigenvalue weighted by Crippen LogP contribution is -2.10. The van der Waals surface area contributed by atoms with Gasteiger partial charge in [0.25, 0.3) is 0 Å². The van der Waals surface area contributed by atoms with E-state index in [1.54, 1.807) is 0 Å². The van der Waals surface area contributed by atoms with Gasteiger partial charge in [0.2, 0.25) is 5.91 Å². The van der Waals surface area contributed by atoms with Gasteiger partial charge in [0, 0.05) is 24.2 Å². The molecule has 0 bridgehead atoms. The molecule has 0 saturated heterocycles. The minimum Gasteiger partial charge on any atom is -0.326 e. The van der Waals surface area contributed by atoms with Gasteiger partial charge in [-0.1, -0.05) is 6.07 Å². The van der Waals surface area contributed by atoms with Crippen LogP contribution in [-0.4, -0.2) is 29.7 Å². The number of anilines is 1. The highest BCUT2D eigenvalue weighted by molar-refractivity contribution is 9.10. The van der Waals surface area contributed by atoms with Crippen LogP contribution in [-0.2, 0) is 17.6 Å². The molecule has 0 aliphatic carbocycles. The van der Waals surface area contributed by atoms with Gasteiger partial charge in [-0.2, -0.15) is 5.10 Å². The summed E-state index contributed by atoms with van der Waals surface area (Å²) >= 11 is 3.61. The molecule has 1 aromatic carbocycles. The Balaban J connectivity index is 1.92.